The average Bonchev–Trinajstić information content (AvgIpc) is 3.70. The van der Waals surface area contributed by atoms with E-state index in [2.05, 4.69) is 5.32 Å². The molecular weight excluding hydrogens is 446 g/mol. The molecule has 178 valence electrons. The number of halogens is 2. The van der Waals surface area contributed by atoms with Crippen LogP contribution in [-0.4, -0.2) is 59.6 Å². The highest BCUT2D eigenvalue weighted by Crippen LogP contribution is 2.57. The molecule has 2 fully saturated rings. The molecule has 9 heteroatoms. The summed E-state index contributed by atoms with van der Waals surface area (Å²) in [7, 11) is 1.24. The van der Waals surface area contributed by atoms with Crippen LogP contribution in [0.2, 0.25) is 0 Å². The first-order chi connectivity index (χ1) is 16.2. The van der Waals surface area contributed by atoms with Crippen LogP contribution >= 0.6 is 0 Å². The van der Waals surface area contributed by atoms with Gasteiger partial charge in [0, 0.05) is 19.5 Å². The van der Waals surface area contributed by atoms with Gasteiger partial charge < -0.3 is 20.1 Å². The molecule has 3 aliphatic carbocycles. The lowest BCUT2D eigenvalue weighted by Gasteiger charge is -2.24. The molecule has 2 aromatic rings. The Kier molecular flexibility index (Phi) is 5.11. The van der Waals surface area contributed by atoms with Crippen molar-refractivity contribution in [1.29, 1.82) is 0 Å². The average molecular weight is 470 g/mol. The van der Waals surface area contributed by atoms with E-state index < -0.39 is 47.8 Å². The Morgan fingerprint density at radius 3 is 2.15 bits per heavy atom. The highest BCUT2D eigenvalue weighted by atomic mass is 19.3. The number of hydrogen-bond donors (Lipinski definition) is 2. The number of amides is 2. The third-order valence-electron chi connectivity index (χ3n) is 7.37. The summed E-state index contributed by atoms with van der Waals surface area (Å²) in [5, 5.41) is 11.7. The van der Waals surface area contributed by atoms with Crippen LogP contribution in [0.25, 0.3) is 11.1 Å². The van der Waals surface area contributed by atoms with E-state index >= 15 is 0 Å². The van der Waals surface area contributed by atoms with Gasteiger partial charge in [0.05, 0.1) is 5.92 Å². The van der Waals surface area contributed by atoms with E-state index in [0.717, 1.165) is 27.2 Å². The largest absolute Gasteiger partial charge is 0.479 e. The summed E-state index contributed by atoms with van der Waals surface area (Å²) in [6.07, 6.45) is -0.356. The van der Waals surface area contributed by atoms with Gasteiger partial charge in [-0.15, -0.1) is 0 Å². The van der Waals surface area contributed by atoms with E-state index in [1.165, 1.54) is 7.05 Å². The maximum atomic E-state index is 14.3. The second-order valence-electron chi connectivity index (χ2n) is 9.20. The van der Waals surface area contributed by atoms with Gasteiger partial charge in [-0.1, -0.05) is 48.5 Å². The van der Waals surface area contributed by atoms with E-state index in [4.69, 9.17) is 4.74 Å². The van der Waals surface area contributed by atoms with E-state index in [1.54, 1.807) is 0 Å². The van der Waals surface area contributed by atoms with Crippen LogP contribution in [0.1, 0.15) is 29.9 Å². The highest BCUT2D eigenvalue weighted by molar-refractivity contribution is 5.92. The van der Waals surface area contributed by atoms with Crippen molar-refractivity contribution >= 4 is 18.0 Å². The van der Waals surface area contributed by atoms with Gasteiger partial charge in [0.15, 0.2) is 0 Å². The van der Waals surface area contributed by atoms with Gasteiger partial charge in [-0.25, -0.2) is 18.4 Å². The lowest BCUT2D eigenvalue weighted by atomic mass is 9.98. The summed E-state index contributed by atoms with van der Waals surface area (Å²) in [4.78, 5) is 37.2. The van der Waals surface area contributed by atoms with E-state index in [9.17, 15) is 28.3 Å². The van der Waals surface area contributed by atoms with Crippen LogP contribution in [-0.2, 0) is 14.3 Å². The maximum Gasteiger partial charge on any atom is 0.407 e. The van der Waals surface area contributed by atoms with Gasteiger partial charge in [-0.3, -0.25) is 4.79 Å². The fourth-order valence-electron chi connectivity index (χ4n) is 5.05. The number of nitrogens with zero attached hydrogens (tertiary/aromatic N) is 1. The van der Waals surface area contributed by atoms with E-state index in [1.807, 2.05) is 48.5 Å². The molecule has 2 atom stereocenters. The molecular formula is C25H24F2N2O5. The monoisotopic (exact) mass is 470 g/mol. The predicted molar refractivity (Wildman–Crippen MR) is 117 cm³/mol. The maximum absolute atomic E-state index is 14.3. The number of rotatable bonds is 7. The normalized spacial score (nSPS) is 22.8. The molecule has 0 radical (unpaired) electrons. The third kappa shape index (κ3) is 3.41. The first-order valence-electron chi connectivity index (χ1n) is 11.2. The molecule has 0 saturated heterocycles. The topological polar surface area (TPSA) is 95.9 Å². The zero-order chi connectivity index (χ0) is 24.3. The molecule has 5 rings (SSSR count). The van der Waals surface area contributed by atoms with Gasteiger partial charge in [0.1, 0.15) is 18.1 Å². The zero-order valence-corrected chi connectivity index (χ0v) is 18.5. The van der Waals surface area contributed by atoms with Crippen molar-refractivity contribution in [3.8, 4) is 11.1 Å². The molecule has 0 unspecified atom stereocenters. The number of carboxylic acid groups (broad SMARTS) is 1. The number of carbonyl (C=O) groups is 3. The number of fused-ring (bicyclic) bond motifs is 3. The number of benzene rings is 2. The number of alkyl halides is 2. The second-order valence-corrected chi connectivity index (χ2v) is 9.20. The van der Waals surface area contributed by atoms with Gasteiger partial charge in [0.2, 0.25) is 5.91 Å². The quantitative estimate of drug-likeness (QED) is 0.646. The number of carboxylic acids is 1. The summed E-state index contributed by atoms with van der Waals surface area (Å²) in [5.41, 5.74) is 2.83. The van der Waals surface area contributed by atoms with Crippen LogP contribution < -0.4 is 5.32 Å². The molecule has 2 N–H and O–H groups in total. The van der Waals surface area contributed by atoms with Crippen LogP contribution in [0.3, 0.4) is 0 Å². The molecule has 34 heavy (non-hydrogen) atoms. The summed E-state index contributed by atoms with van der Waals surface area (Å²) in [5.74, 6) is -8.62. The highest BCUT2D eigenvalue weighted by Gasteiger charge is 2.73. The fourth-order valence-corrected chi connectivity index (χ4v) is 5.05. The van der Waals surface area contributed by atoms with Crippen molar-refractivity contribution in [2.45, 2.75) is 30.2 Å². The number of alkyl carbamates (subject to hydrolysis) is 1. The van der Waals surface area contributed by atoms with Crippen LogP contribution in [0.15, 0.2) is 48.5 Å². The molecule has 0 bridgehead atoms. The van der Waals surface area contributed by atoms with E-state index in [-0.39, 0.29) is 25.4 Å². The van der Waals surface area contributed by atoms with Gasteiger partial charge >= 0.3 is 12.1 Å². The number of ether oxygens (including phenoxy) is 1. The number of aliphatic carboxylic acids is 1. The van der Waals surface area contributed by atoms with Crippen molar-refractivity contribution < 1.29 is 33.0 Å². The lowest BCUT2D eigenvalue weighted by Crippen LogP contribution is -2.46. The minimum absolute atomic E-state index is 0.0488. The Labute approximate surface area is 194 Å². The van der Waals surface area contributed by atoms with Crippen molar-refractivity contribution in [1.82, 2.24) is 10.2 Å². The Hall–Kier alpha value is -3.49. The first kappa shape index (κ1) is 22.3. The van der Waals surface area contributed by atoms with Gasteiger partial charge in [0.25, 0.3) is 5.92 Å². The minimum Gasteiger partial charge on any atom is -0.479 e. The molecule has 2 amide bonds. The van der Waals surface area contributed by atoms with Crippen LogP contribution in [0.4, 0.5) is 13.6 Å². The Balaban J connectivity index is 1.18. The Bertz CT molecular complexity index is 1130. The van der Waals surface area contributed by atoms with E-state index in [0.29, 0.717) is 0 Å². The molecule has 0 aliphatic heterocycles. The number of likely N-dealkylation sites (N-methyl/N-ethyl adjacent to an activating group) is 1. The lowest BCUT2D eigenvalue weighted by molar-refractivity contribution is -0.152. The molecule has 0 spiro atoms. The Morgan fingerprint density at radius 2 is 1.62 bits per heavy atom. The fraction of sp³-hybridized carbons (Fsp3) is 0.400. The number of nitrogens with one attached hydrogen (secondary N) is 1. The minimum atomic E-state index is -3.31. The van der Waals surface area contributed by atoms with Gasteiger partial charge in [-0.2, -0.15) is 0 Å². The van der Waals surface area contributed by atoms with Crippen molar-refractivity contribution in [2.75, 3.05) is 20.2 Å². The molecule has 3 aliphatic rings. The molecule has 0 heterocycles. The third-order valence-corrected chi connectivity index (χ3v) is 7.37. The predicted octanol–water partition coefficient (Wildman–Crippen LogP) is 3.48. The summed E-state index contributed by atoms with van der Waals surface area (Å²) in [6, 6.07) is 15.7. The second kappa shape index (κ2) is 7.78. The van der Waals surface area contributed by atoms with Crippen molar-refractivity contribution in [2.24, 2.45) is 11.8 Å². The SMILES string of the molecule is CN(C(=O)[C@@H]1[C@H](CNC(=O)OCC2c3ccccc3-c3ccccc32)C1(F)F)C1(C(=O)O)CC1. The summed E-state index contributed by atoms with van der Waals surface area (Å²) >= 11 is 0. The van der Waals surface area contributed by atoms with Crippen molar-refractivity contribution in [3.63, 3.8) is 0 Å². The first-order valence-corrected chi connectivity index (χ1v) is 11.2. The smallest absolute Gasteiger partial charge is 0.407 e. The summed E-state index contributed by atoms with van der Waals surface area (Å²) < 4.78 is 34.0. The molecule has 2 saturated carbocycles. The zero-order valence-electron chi connectivity index (χ0n) is 18.5. The molecule has 2 aromatic carbocycles. The molecule has 7 nitrogen and oxygen atoms in total. The summed E-state index contributed by atoms with van der Waals surface area (Å²) in [6.45, 7) is -0.388. The van der Waals surface area contributed by atoms with Crippen LogP contribution in [0, 0.1) is 11.8 Å². The van der Waals surface area contributed by atoms with Gasteiger partial charge in [-0.05, 0) is 35.1 Å². The number of carbonyl (C=O) groups excluding carboxylic acids is 2. The number of hydrogen-bond acceptors (Lipinski definition) is 4. The van der Waals surface area contributed by atoms with Crippen LogP contribution in [0.5, 0.6) is 0 Å². The Morgan fingerprint density at radius 1 is 1.06 bits per heavy atom. The molecule has 0 aromatic heterocycles. The van der Waals surface area contributed by atoms with Crippen molar-refractivity contribution in [3.05, 3.63) is 59.7 Å². The standard InChI is InChI=1S/C25H24F2N2O5/c1-29(24(10-11-24)22(31)32)21(30)20-19(25(20,26)27)12-28-23(33)34-13-18-16-8-4-2-6-14(16)15-7-3-5-9-17(15)18/h2-9,18-20H,10-13H2,1H3,(H,28,33)(H,31,32)/t19-,20-/m0/s1.